The minimum Gasteiger partial charge on any atom is -0.506 e. The number of rotatable bonds is 0. The third-order valence-electron chi connectivity index (χ3n) is 0. The molecule has 0 saturated carbocycles. The first kappa shape index (κ1) is 8.96. The molecule has 0 amide bonds. The summed E-state index contributed by atoms with van der Waals surface area (Å²) in [6, 6.07) is 0. The van der Waals surface area contributed by atoms with Gasteiger partial charge in [-0.25, -0.2) is 0 Å². The summed E-state index contributed by atoms with van der Waals surface area (Å²) in [5, 5.41) is 0. The molecule has 4 heteroatoms. The molecule has 2 nitrogen and oxygen atoms in total. The summed E-state index contributed by atoms with van der Waals surface area (Å²) in [6.07, 6.45) is 0. The smallest absolute Gasteiger partial charge is 0.327 e. The van der Waals surface area contributed by atoms with Crippen LogP contribution in [-0.4, -0.2) is 34.2 Å². The molecule has 0 fully saturated rings. The Morgan fingerprint density at radius 2 is 1.75 bits per heavy atom. The van der Waals surface area contributed by atoms with Gasteiger partial charge in [0.15, 0.2) is 0 Å². The maximum absolute atomic E-state index is 8.35. The molecule has 1 N–H and O–H groups in total. The van der Waals surface area contributed by atoms with Gasteiger partial charge in [-0.05, 0) is 0 Å². The van der Waals surface area contributed by atoms with Crippen LogP contribution in [0.25, 0.3) is 0 Å². The van der Waals surface area contributed by atoms with E-state index >= 15 is 0 Å². The fourth-order valence-corrected chi connectivity index (χ4v) is 0. The quantitative estimate of drug-likeness (QED) is 0.346. The molecule has 0 aliphatic carbocycles. The Labute approximate surface area is 50.2 Å². The van der Waals surface area contributed by atoms with Gasteiger partial charge in [-0.2, -0.15) is 0 Å². The van der Waals surface area contributed by atoms with Crippen molar-refractivity contribution in [3.63, 3.8) is 0 Å². The van der Waals surface area contributed by atoms with Crippen molar-refractivity contribution >= 4 is 29.6 Å². The zero-order valence-corrected chi connectivity index (χ0v) is 4.99. The second-order valence-electron chi connectivity index (χ2n) is 0.0690. The molecule has 0 heterocycles. The summed E-state index contributed by atoms with van der Waals surface area (Å²) in [5.41, 5.74) is 0. The Kier molecular flexibility index (Phi) is 19.9. The topological polar surface area (TPSA) is 43.3 Å². The minimum absolute atomic E-state index is 0. The number of hydrogen-bond acceptors (Lipinski definition) is 2. The Balaban J connectivity index is 0. The molecule has 0 aliphatic rings. The van der Waals surface area contributed by atoms with Gasteiger partial charge in [-0.15, -0.1) is 4.66 Å². The van der Waals surface area contributed by atoms with Gasteiger partial charge in [-0.1, -0.05) is 0 Å². The Morgan fingerprint density at radius 1 is 1.75 bits per heavy atom. The molecule has 0 rings (SSSR count). The van der Waals surface area contributed by atoms with Crippen molar-refractivity contribution in [3.05, 3.63) is 0 Å². The van der Waals surface area contributed by atoms with Gasteiger partial charge in [0, 0.05) is 29.6 Å². The van der Waals surface area contributed by atoms with Crippen LogP contribution >= 0.6 is 0 Å². The van der Waals surface area contributed by atoms with Gasteiger partial charge in [0.05, 0.1) is 0 Å². The van der Waals surface area contributed by atoms with Crippen molar-refractivity contribution in [2.45, 2.75) is 0 Å². The van der Waals surface area contributed by atoms with Crippen LogP contribution < -0.4 is 4.66 Å². The van der Waals surface area contributed by atoms with Gasteiger partial charge in [-0.3, -0.25) is 0 Å². The van der Waals surface area contributed by atoms with Crippen LogP contribution in [0.1, 0.15) is 0 Å². The molecule has 0 aromatic heterocycles. The summed E-state index contributed by atoms with van der Waals surface area (Å²) in [6.45, 7) is 0. The van der Waals surface area contributed by atoms with E-state index in [1.807, 2.05) is 0 Å². The average molecular weight is 91.4 g/mol. The fourth-order valence-electron chi connectivity index (χ4n) is 0. The second-order valence-corrected chi connectivity index (χ2v) is 0.207. The maximum Gasteiger partial charge on any atom is 0.327 e. The van der Waals surface area contributed by atoms with Gasteiger partial charge in [0.25, 0.3) is 0 Å². The number of hydrogen-bond donors (Lipinski definition) is 1. The van der Waals surface area contributed by atoms with Gasteiger partial charge in [0.1, 0.15) is 0 Å². The molecule has 4 heavy (non-hydrogen) atoms. The van der Waals surface area contributed by atoms with Crippen LogP contribution in [0.5, 0.6) is 0 Å². The standard InChI is InChI=1S/ClHO2.Na/c2-1-3;/h2H;. The van der Waals surface area contributed by atoms with Crippen LogP contribution in [0.3, 0.4) is 0 Å². The van der Waals surface area contributed by atoms with Crippen molar-refractivity contribution < 1.29 is 20.6 Å². The zero-order chi connectivity index (χ0) is 2.71. The van der Waals surface area contributed by atoms with Crippen LogP contribution in [0, 0.1) is 11.3 Å². The van der Waals surface area contributed by atoms with E-state index in [1.54, 1.807) is 0 Å². The van der Waals surface area contributed by atoms with E-state index in [-0.39, 0.29) is 40.9 Å². The molecule has 0 aromatic carbocycles. The Morgan fingerprint density at radius 3 is 1.75 bits per heavy atom. The van der Waals surface area contributed by atoms with E-state index in [2.05, 4.69) is 0 Å². The van der Waals surface area contributed by atoms with Crippen molar-refractivity contribution in [3.8, 4) is 0 Å². The molecular weight excluding hydrogens is 90.4 g/mol. The van der Waals surface area contributed by atoms with Crippen molar-refractivity contribution in [2.24, 2.45) is 0 Å². The summed E-state index contributed by atoms with van der Waals surface area (Å²) in [5.74, 6) is 0. The third kappa shape index (κ3) is 10.7. The van der Waals surface area contributed by atoms with E-state index in [0.29, 0.717) is 0 Å². The average Bonchev–Trinajstić information content (AvgIpc) is 0.918. The summed E-state index contributed by atoms with van der Waals surface area (Å²) in [7, 11) is 0. The molecule has 0 aliphatic heterocycles. The van der Waals surface area contributed by atoms with Crippen LogP contribution in [-0.2, 0) is 0 Å². The second kappa shape index (κ2) is 8.88. The molecule has 0 saturated heterocycles. The summed E-state index contributed by atoms with van der Waals surface area (Å²) in [4.78, 5) is 0. The molecule has 0 bridgehead atoms. The normalized spacial score (nSPS) is 4.50. The van der Waals surface area contributed by atoms with Crippen LogP contribution in [0.4, 0.5) is 0 Å². The molecule has 0 atom stereocenters. The van der Waals surface area contributed by atoms with Crippen molar-refractivity contribution in [2.75, 3.05) is 0 Å². The van der Waals surface area contributed by atoms with Gasteiger partial charge >= 0.3 is 11.3 Å². The monoisotopic (exact) mass is 91.0 g/mol. The first-order chi connectivity index (χ1) is 1.41. The van der Waals surface area contributed by atoms with Crippen LogP contribution in [0.15, 0.2) is 0 Å². The minimum atomic E-state index is -0.167. The maximum atomic E-state index is 8.35. The molecule has 0 unspecified atom stereocenters. The fraction of sp³-hybridized carbons (Fsp3) is 0. The van der Waals surface area contributed by atoms with Crippen molar-refractivity contribution in [1.29, 1.82) is 0 Å². The molecule has 0 aromatic rings. The Bertz CT molecular complexity index is 6.00. The SMILES string of the molecule is [Na].[O-][Cl+]O. The van der Waals surface area contributed by atoms with E-state index in [4.69, 9.17) is 9.32 Å². The van der Waals surface area contributed by atoms with Crippen molar-refractivity contribution in [1.82, 2.24) is 0 Å². The molecular formula is HClNaO2. The predicted octanol–water partition coefficient (Wildman–Crippen LogP) is -2.13. The summed E-state index contributed by atoms with van der Waals surface area (Å²) >= 11 is -0.167. The molecule has 21 valence electrons. The first-order valence-corrected chi connectivity index (χ1v) is 0.970. The first-order valence-electron chi connectivity index (χ1n) is 0.323. The molecule has 1 radical (unpaired) electrons. The zero-order valence-electron chi connectivity index (χ0n) is 2.23. The molecule has 0 spiro atoms. The van der Waals surface area contributed by atoms with E-state index in [1.165, 1.54) is 0 Å². The number of halogens is 1. The van der Waals surface area contributed by atoms with E-state index in [0.717, 1.165) is 0 Å². The van der Waals surface area contributed by atoms with Gasteiger partial charge < -0.3 is 4.66 Å². The largest absolute Gasteiger partial charge is 0.506 e. The van der Waals surface area contributed by atoms with Crippen LogP contribution in [0.2, 0.25) is 0 Å². The van der Waals surface area contributed by atoms with Gasteiger partial charge in [0.2, 0.25) is 0 Å². The predicted molar refractivity (Wildman–Crippen MR) is 7.97 cm³/mol. The Hall–Kier alpha value is 1.21. The summed E-state index contributed by atoms with van der Waals surface area (Å²) < 4.78 is 15.2. The van der Waals surface area contributed by atoms with E-state index in [9.17, 15) is 0 Å². The van der Waals surface area contributed by atoms with E-state index < -0.39 is 0 Å². The third-order valence-corrected chi connectivity index (χ3v) is 0.